The van der Waals surface area contributed by atoms with E-state index in [9.17, 15) is 8.96 Å². The van der Waals surface area contributed by atoms with Crippen molar-refractivity contribution < 1.29 is 13.5 Å². The first kappa shape index (κ1) is 7.16. The lowest BCUT2D eigenvalue weighted by molar-refractivity contribution is 0.521. The van der Waals surface area contributed by atoms with E-state index in [1.807, 2.05) is 0 Å². The highest BCUT2D eigenvalue weighted by Crippen LogP contribution is 2.15. The summed E-state index contributed by atoms with van der Waals surface area (Å²) in [6.07, 6.45) is 0. The molecule has 4 heteroatoms. The van der Waals surface area contributed by atoms with E-state index in [1.165, 1.54) is 24.3 Å². The summed E-state index contributed by atoms with van der Waals surface area (Å²) in [6, 6.07) is 5.49. The van der Waals surface area contributed by atoms with Gasteiger partial charge in [-0.25, -0.2) is 4.39 Å². The Morgan fingerprint density at radius 2 is 2.30 bits per heavy atom. The molecule has 0 radical (unpaired) electrons. The van der Waals surface area contributed by atoms with E-state index in [-0.39, 0.29) is 5.75 Å². The summed E-state index contributed by atoms with van der Waals surface area (Å²) in [5, 5.41) is 0. The van der Waals surface area contributed by atoms with E-state index in [2.05, 4.69) is 4.52 Å². The Morgan fingerprint density at radius 3 is 2.90 bits per heavy atom. The highest BCUT2D eigenvalue weighted by Gasteiger charge is 1.97. The van der Waals surface area contributed by atoms with Crippen molar-refractivity contribution in [3.8, 4) is 5.75 Å². The van der Waals surface area contributed by atoms with Gasteiger partial charge in [-0.1, -0.05) is 6.07 Å². The lowest BCUT2D eigenvalue weighted by Gasteiger charge is -1.88. The Hall–Kier alpha value is -0.950. The third kappa shape index (κ3) is 1.78. The minimum Gasteiger partial charge on any atom is -0.256 e. The van der Waals surface area contributed by atoms with Gasteiger partial charge in [-0.3, -0.25) is 4.52 Å². The van der Waals surface area contributed by atoms with E-state index in [0.29, 0.717) is 0 Å². The van der Waals surface area contributed by atoms with E-state index in [0.717, 1.165) is 0 Å². The third-order valence-corrected chi connectivity index (χ3v) is 1.27. The third-order valence-electron chi connectivity index (χ3n) is 0.956. The molecule has 1 atom stereocenters. The molecule has 0 fully saturated rings. The van der Waals surface area contributed by atoms with Gasteiger partial charge in [0.2, 0.25) is 0 Å². The minimum absolute atomic E-state index is 0.285. The molecule has 0 bridgehead atoms. The molecule has 0 amide bonds. The molecule has 1 aromatic rings. The van der Waals surface area contributed by atoms with Crippen molar-refractivity contribution in [3.63, 3.8) is 0 Å². The molecule has 0 aliphatic carbocycles. The van der Waals surface area contributed by atoms with Gasteiger partial charge in [0.1, 0.15) is 5.82 Å². The molecule has 1 unspecified atom stereocenters. The Morgan fingerprint density at radius 1 is 1.50 bits per heavy atom. The number of hydrogen-bond donors (Lipinski definition) is 0. The fourth-order valence-electron chi connectivity index (χ4n) is 0.579. The maximum atomic E-state index is 12.3. The highest BCUT2D eigenvalue weighted by molar-refractivity contribution is 7.17. The predicted molar refractivity (Wildman–Crippen MR) is 36.0 cm³/mol. The molecule has 2 nitrogen and oxygen atoms in total. The van der Waals surface area contributed by atoms with Crippen LogP contribution in [0.1, 0.15) is 0 Å². The largest absolute Gasteiger partial charge is 0.542 e. The summed E-state index contributed by atoms with van der Waals surface area (Å²) in [5.41, 5.74) is 0. The standard InChI is InChI=1S/C6H5FO2P/c7-5-2-1-3-6(4-5)9-10-8/h1-4,10H/q+1. The summed E-state index contributed by atoms with van der Waals surface area (Å²) in [5.74, 6) is -0.107. The van der Waals surface area contributed by atoms with Crippen LogP contribution in [0.4, 0.5) is 4.39 Å². The number of halogens is 1. The highest BCUT2D eigenvalue weighted by atomic mass is 31.1. The first-order valence-electron chi connectivity index (χ1n) is 2.62. The lowest BCUT2D eigenvalue weighted by Crippen LogP contribution is -1.76. The molecule has 0 heterocycles. The molecule has 0 saturated heterocycles. The quantitative estimate of drug-likeness (QED) is 0.618. The molecule has 0 aromatic heterocycles. The molecular weight excluding hydrogens is 154 g/mol. The number of benzene rings is 1. The van der Waals surface area contributed by atoms with Crippen molar-refractivity contribution >= 4 is 8.69 Å². The van der Waals surface area contributed by atoms with Gasteiger partial charge in [0.05, 0.1) is 0 Å². The van der Waals surface area contributed by atoms with Crippen LogP contribution in [-0.4, -0.2) is 0 Å². The molecule has 0 aliphatic heterocycles. The molecule has 1 aromatic carbocycles. The monoisotopic (exact) mass is 159 g/mol. The smallest absolute Gasteiger partial charge is 0.256 e. The van der Waals surface area contributed by atoms with Gasteiger partial charge in [-0.15, -0.1) is 0 Å². The Balaban J connectivity index is 2.84. The second-order valence-electron chi connectivity index (χ2n) is 1.64. The summed E-state index contributed by atoms with van der Waals surface area (Å²) in [7, 11) is -0.885. The van der Waals surface area contributed by atoms with Gasteiger partial charge in [-0.2, -0.15) is 0 Å². The first-order chi connectivity index (χ1) is 4.83. The summed E-state index contributed by atoms with van der Waals surface area (Å²) in [4.78, 5) is 0. The van der Waals surface area contributed by atoms with Crippen molar-refractivity contribution in [1.29, 1.82) is 0 Å². The van der Waals surface area contributed by atoms with Crippen LogP contribution in [0, 0.1) is 5.82 Å². The second-order valence-corrected chi connectivity index (χ2v) is 2.01. The van der Waals surface area contributed by atoms with E-state index < -0.39 is 14.5 Å². The Kier molecular flexibility index (Phi) is 2.35. The van der Waals surface area contributed by atoms with Gasteiger partial charge >= 0.3 is 8.69 Å². The molecule has 0 saturated carbocycles. The summed E-state index contributed by atoms with van der Waals surface area (Å²) >= 11 is 0. The van der Waals surface area contributed by atoms with Gasteiger partial charge in [0, 0.05) is 6.07 Å². The molecule has 0 spiro atoms. The Bertz CT molecular complexity index is 239. The van der Waals surface area contributed by atoms with Crippen molar-refractivity contribution in [2.45, 2.75) is 0 Å². The van der Waals surface area contributed by atoms with Crippen LogP contribution in [0.5, 0.6) is 5.75 Å². The average molecular weight is 159 g/mol. The Labute approximate surface area is 58.9 Å². The zero-order chi connectivity index (χ0) is 7.40. The van der Waals surface area contributed by atoms with Crippen molar-refractivity contribution in [2.75, 3.05) is 0 Å². The molecule has 1 rings (SSSR count). The van der Waals surface area contributed by atoms with Crippen LogP contribution in [-0.2, 0) is 4.57 Å². The second kappa shape index (κ2) is 3.28. The van der Waals surface area contributed by atoms with Gasteiger partial charge in [0.25, 0.3) is 0 Å². The average Bonchev–Trinajstić information content (AvgIpc) is 1.88. The van der Waals surface area contributed by atoms with E-state index in [4.69, 9.17) is 0 Å². The first-order valence-corrected chi connectivity index (χ1v) is 3.44. The fraction of sp³-hybridized carbons (Fsp3) is 0. The summed E-state index contributed by atoms with van der Waals surface area (Å²) in [6.45, 7) is 0. The predicted octanol–water partition coefficient (Wildman–Crippen LogP) is 2.14. The van der Waals surface area contributed by atoms with Crippen LogP contribution in [0.25, 0.3) is 0 Å². The minimum atomic E-state index is -0.885. The van der Waals surface area contributed by atoms with Crippen LogP contribution in [0.2, 0.25) is 0 Å². The fourth-order valence-corrected chi connectivity index (χ4v) is 0.802. The van der Waals surface area contributed by atoms with Crippen molar-refractivity contribution in [3.05, 3.63) is 30.1 Å². The van der Waals surface area contributed by atoms with Crippen LogP contribution in [0.15, 0.2) is 24.3 Å². The lowest BCUT2D eigenvalue weighted by atomic mass is 10.3. The zero-order valence-electron chi connectivity index (χ0n) is 5.00. The van der Waals surface area contributed by atoms with Gasteiger partial charge < -0.3 is 0 Å². The van der Waals surface area contributed by atoms with Gasteiger partial charge in [-0.05, 0) is 16.7 Å². The van der Waals surface area contributed by atoms with Gasteiger partial charge in [0.15, 0.2) is 5.75 Å². The van der Waals surface area contributed by atoms with Crippen LogP contribution >= 0.6 is 8.69 Å². The molecular formula is C6H5FO2P+. The van der Waals surface area contributed by atoms with E-state index >= 15 is 0 Å². The normalized spacial score (nSPS) is 9.70. The van der Waals surface area contributed by atoms with Crippen LogP contribution < -0.4 is 4.52 Å². The zero-order valence-corrected chi connectivity index (χ0v) is 6.00. The van der Waals surface area contributed by atoms with E-state index in [1.54, 1.807) is 0 Å². The van der Waals surface area contributed by atoms with Crippen molar-refractivity contribution in [2.24, 2.45) is 0 Å². The SMILES string of the molecule is O=[PH+]Oc1cccc(F)c1. The maximum Gasteiger partial charge on any atom is 0.542 e. The number of hydrogen-bond acceptors (Lipinski definition) is 2. The molecule has 0 N–H and O–H groups in total. The number of rotatable bonds is 2. The topological polar surface area (TPSA) is 26.3 Å². The molecule has 0 aliphatic rings. The maximum absolute atomic E-state index is 12.3. The van der Waals surface area contributed by atoms with Crippen LogP contribution in [0.3, 0.4) is 0 Å². The van der Waals surface area contributed by atoms with Crippen molar-refractivity contribution in [1.82, 2.24) is 0 Å². The summed E-state index contributed by atoms with van der Waals surface area (Å²) < 4.78 is 26.7. The molecule has 52 valence electrons. The molecule has 10 heavy (non-hydrogen) atoms.